The highest BCUT2D eigenvalue weighted by Crippen LogP contribution is 2.28. The minimum atomic E-state index is -0.728. The van der Waals surface area contributed by atoms with E-state index < -0.39 is 12.1 Å². The van der Waals surface area contributed by atoms with Crippen LogP contribution in [0.25, 0.3) is 0 Å². The van der Waals surface area contributed by atoms with E-state index in [0.717, 1.165) is 32.6 Å². The standard InChI is InChI=1S/C19H30N4O4/c1-12(2)17-11-15(21-27-17)18(25)20-14-9-13(10-16(14)24)19(26)23-6-4-5-22(3)7-8-23/h11-14,16,24H,4-10H2,1-3H3,(H,20,25)/t13-,14+,16+/m0/s1. The Morgan fingerprint density at radius 3 is 2.74 bits per heavy atom. The number of hydrogen-bond acceptors (Lipinski definition) is 6. The summed E-state index contributed by atoms with van der Waals surface area (Å²) in [4.78, 5) is 29.4. The number of nitrogens with zero attached hydrogens (tertiary/aromatic N) is 3. The van der Waals surface area contributed by atoms with Crippen LogP contribution in [-0.2, 0) is 4.79 Å². The van der Waals surface area contributed by atoms with Crippen molar-refractivity contribution in [2.45, 2.75) is 51.2 Å². The average Bonchev–Trinajstić information content (AvgIpc) is 3.19. The van der Waals surface area contributed by atoms with Gasteiger partial charge in [-0.2, -0.15) is 0 Å². The van der Waals surface area contributed by atoms with E-state index in [1.54, 1.807) is 6.07 Å². The molecule has 2 fully saturated rings. The normalized spacial score (nSPS) is 27.0. The third-order valence-electron chi connectivity index (χ3n) is 5.56. The van der Waals surface area contributed by atoms with E-state index in [1.807, 2.05) is 18.7 Å². The van der Waals surface area contributed by atoms with Crippen LogP contribution in [0.2, 0.25) is 0 Å². The maximum atomic E-state index is 12.8. The number of likely N-dealkylation sites (N-methyl/N-ethyl adjacent to an activating group) is 1. The lowest BCUT2D eigenvalue weighted by Crippen LogP contribution is -2.40. The molecule has 2 amide bonds. The minimum absolute atomic E-state index is 0.0876. The Kier molecular flexibility index (Phi) is 6.16. The number of carbonyl (C=O) groups excluding carboxylic acids is 2. The molecule has 0 radical (unpaired) electrons. The van der Waals surface area contributed by atoms with Crippen molar-refractivity contribution < 1.29 is 19.2 Å². The lowest BCUT2D eigenvalue weighted by atomic mass is 10.1. The number of carbonyl (C=O) groups is 2. The summed E-state index contributed by atoms with van der Waals surface area (Å²) in [5.41, 5.74) is 0.205. The van der Waals surface area contributed by atoms with Crippen molar-refractivity contribution in [1.29, 1.82) is 0 Å². The number of nitrogens with one attached hydrogen (secondary N) is 1. The summed E-state index contributed by atoms with van der Waals surface area (Å²) in [6.07, 6.45) is 1.07. The molecule has 0 spiro atoms. The highest BCUT2D eigenvalue weighted by atomic mass is 16.5. The fourth-order valence-corrected chi connectivity index (χ4v) is 3.81. The summed E-state index contributed by atoms with van der Waals surface area (Å²) in [6, 6.07) is 1.18. The van der Waals surface area contributed by atoms with Crippen LogP contribution >= 0.6 is 0 Å². The van der Waals surface area contributed by atoms with Gasteiger partial charge in [-0.15, -0.1) is 0 Å². The smallest absolute Gasteiger partial charge is 0.273 e. The second-order valence-corrected chi connectivity index (χ2v) is 8.07. The van der Waals surface area contributed by atoms with Crippen molar-refractivity contribution in [2.24, 2.45) is 5.92 Å². The molecule has 1 aromatic rings. The Labute approximate surface area is 159 Å². The number of aliphatic hydroxyl groups excluding tert-OH is 1. The van der Waals surface area contributed by atoms with Gasteiger partial charge in [-0.25, -0.2) is 0 Å². The molecule has 2 aliphatic rings. The Morgan fingerprint density at radius 1 is 1.26 bits per heavy atom. The molecule has 27 heavy (non-hydrogen) atoms. The molecule has 1 aromatic heterocycles. The Hall–Kier alpha value is -1.93. The monoisotopic (exact) mass is 378 g/mol. The third kappa shape index (κ3) is 4.68. The van der Waals surface area contributed by atoms with E-state index in [9.17, 15) is 14.7 Å². The summed E-state index contributed by atoms with van der Waals surface area (Å²) < 4.78 is 5.16. The highest BCUT2D eigenvalue weighted by Gasteiger charge is 2.39. The molecular formula is C19H30N4O4. The van der Waals surface area contributed by atoms with Gasteiger partial charge >= 0.3 is 0 Å². The molecule has 1 aliphatic carbocycles. The van der Waals surface area contributed by atoms with Crippen molar-refractivity contribution in [3.05, 3.63) is 17.5 Å². The van der Waals surface area contributed by atoms with Gasteiger partial charge in [0, 0.05) is 37.5 Å². The van der Waals surface area contributed by atoms with Gasteiger partial charge in [0.2, 0.25) is 5.91 Å². The molecule has 1 saturated carbocycles. The third-order valence-corrected chi connectivity index (χ3v) is 5.56. The van der Waals surface area contributed by atoms with Crippen molar-refractivity contribution in [3.63, 3.8) is 0 Å². The zero-order valence-corrected chi connectivity index (χ0v) is 16.4. The predicted molar refractivity (Wildman–Crippen MR) is 99.3 cm³/mol. The zero-order chi connectivity index (χ0) is 19.6. The van der Waals surface area contributed by atoms with Crippen molar-refractivity contribution in [1.82, 2.24) is 20.3 Å². The van der Waals surface area contributed by atoms with Crippen molar-refractivity contribution in [2.75, 3.05) is 33.2 Å². The Bertz CT molecular complexity index is 674. The molecule has 8 nitrogen and oxygen atoms in total. The quantitative estimate of drug-likeness (QED) is 0.805. The van der Waals surface area contributed by atoms with Crippen LogP contribution < -0.4 is 5.32 Å². The second-order valence-electron chi connectivity index (χ2n) is 8.07. The first-order valence-corrected chi connectivity index (χ1v) is 9.78. The van der Waals surface area contributed by atoms with Gasteiger partial charge < -0.3 is 24.7 Å². The number of aromatic nitrogens is 1. The summed E-state index contributed by atoms with van der Waals surface area (Å²) in [5.74, 6) is 0.248. The molecule has 0 unspecified atom stereocenters. The lowest BCUT2D eigenvalue weighted by Gasteiger charge is -2.24. The Morgan fingerprint density at radius 2 is 2.04 bits per heavy atom. The van der Waals surface area contributed by atoms with E-state index in [2.05, 4.69) is 22.4 Å². The van der Waals surface area contributed by atoms with E-state index in [0.29, 0.717) is 18.6 Å². The van der Waals surface area contributed by atoms with Gasteiger partial charge in [0.05, 0.1) is 12.1 Å². The number of hydrogen-bond donors (Lipinski definition) is 2. The largest absolute Gasteiger partial charge is 0.391 e. The first kappa shape index (κ1) is 19.8. The van der Waals surface area contributed by atoms with E-state index >= 15 is 0 Å². The highest BCUT2D eigenvalue weighted by molar-refractivity contribution is 5.92. The summed E-state index contributed by atoms with van der Waals surface area (Å²) in [7, 11) is 2.06. The predicted octanol–water partition coefficient (Wildman–Crippen LogP) is 0.831. The topological polar surface area (TPSA) is 98.9 Å². The number of aliphatic hydroxyl groups is 1. The van der Waals surface area contributed by atoms with Gasteiger partial charge in [0.1, 0.15) is 5.76 Å². The number of amides is 2. The first-order chi connectivity index (χ1) is 12.8. The van der Waals surface area contributed by atoms with Crippen molar-refractivity contribution in [3.8, 4) is 0 Å². The van der Waals surface area contributed by atoms with Crippen LogP contribution in [0.1, 0.15) is 55.3 Å². The van der Waals surface area contributed by atoms with Gasteiger partial charge in [0.25, 0.3) is 5.91 Å². The average molecular weight is 378 g/mol. The zero-order valence-electron chi connectivity index (χ0n) is 16.4. The molecule has 150 valence electrons. The second kappa shape index (κ2) is 8.39. The molecule has 2 N–H and O–H groups in total. The molecule has 2 heterocycles. The van der Waals surface area contributed by atoms with Crippen LogP contribution in [0.4, 0.5) is 0 Å². The van der Waals surface area contributed by atoms with Gasteiger partial charge in [-0.1, -0.05) is 19.0 Å². The van der Waals surface area contributed by atoms with Crippen LogP contribution in [-0.4, -0.2) is 77.2 Å². The first-order valence-electron chi connectivity index (χ1n) is 9.78. The van der Waals surface area contributed by atoms with Crippen LogP contribution in [0, 0.1) is 5.92 Å². The van der Waals surface area contributed by atoms with Crippen molar-refractivity contribution >= 4 is 11.8 Å². The van der Waals surface area contributed by atoms with Crippen LogP contribution in [0.5, 0.6) is 0 Å². The molecule has 0 bridgehead atoms. The molecule has 0 aromatic carbocycles. The summed E-state index contributed by atoms with van der Waals surface area (Å²) >= 11 is 0. The van der Waals surface area contributed by atoms with E-state index in [-0.39, 0.29) is 29.3 Å². The maximum absolute atomic E-state index is 12.8. The van der Waals surface area contributed by atoms with E-state index in [1.165, 1.54) is 0 Å². The SMILES string of the molecule is CC(C)c1cc(C(=O)N[C@@H]2C[C@H](C(=O)N3CCCN(C)CC3)C[C@H]2O)no1. The molecular weight excluding hydrogens is 348 g/mol. The fraction of sp³-hybridized carbons (Fsp3) is 0.737. The summed E-state index contributed by atoms with van der Waals surface area (Å²) in [5, 5.41) is 17.0. The van der Waals surface area contributed by atoms with Gasteiger partial charge in [-0.3, -0.25) is 9.59 Å². The summed E-state index contributed by atoms with van der Waals surface area (Å²) in [6.45, 7) is 7.25. The van der Waals surface area contributed by atoms with E-state index in [4.69, 9.17) is 4.52 Å². The van der Waals surface area contributed by atoms with Crippen LogP contribution in [0.15, 0.2) is 10.6 Å². The maximum Gasteiger partial charge on any atom is 0.273 e. The molecule has 1 saturated heterocycles. The molecule has 8 heteroatoms. The minimum Gasteiger partial charge on any atom is -0.391 e. The fourth-order valence-electron chi connectivity index (χ4n) is 3.81. The lowest BCUT2D eigenvalue weighted by molar-refractivity contribution is -0.135. The van der Waals surface area contributed by atoms with Gasteiger partial charge in [-0.05, 0) is 32.9 Å². The molecule has 3 rings (SSSR count). The number of rotatable bonds is 4. The van der Waals surface area contributed by atoms with Gasteiger partial charge in [0.15, 0.2) is 5.69 Å². The molecule has 3 atom stereocenters. The molecule has 1 aliphatic heterocycles. The Balaban J connectivity index is 1.57. The van der Waals surface area contributed by atoms with Crippen LogP contribution in [0.3, 0.4) is 0 Å².